The molecule has 0 aliphatic carbocycles. The number of aliphatic carboxylic acids is 2. The van der Waals surface area contributed by atoms with Crippen molar-refractivity contribution in [2.75, 3.05) is 38.6 Å². The summed E-state index contributed by atoms with van der Waals surface area (Å²) >= 11 is 13.7. The molecule has 5 aromatic rings. The Morgan fingerprint density at radius 3 is 2.09 bits per heavy atom. The fourth-order valence-electron chi connectivity index (χ4n) is 8.62. The van der Waals surface area contributed by atoms with Crippen LogP contribution in [0.4, 0.5) is 5.69 Å². The van der Waals surface area contributed by atoms with Crippen molar-refractivity contribution in [3.63, 3.8) is 0 Å². The molecule has 0 saturated carbocycles. The summed E-state index contributed by atoms with van der Waals surface area (Å²) in [6, 6.07) is 23.0. The fourth-order valence-corrected chi connectivity index (χ4v) is 9.11. The van der Waals surface area contributed by atoms with E-state index in [0.29, 0.717) is 97.1 Å². The van der Waals surface area contributed by atoms with Crippen LogP contribution in [0.3, 0.4) is 0 Å². The van der Waals surface area contributed by atoms with E-state index in [2.05, 4.69) is 26.2 Å². The van der Waals surface area contributed by atoms with Crippen LogP contribution in [-0.4, -0.2) is 76.4 Å². The van der Waals surface area contributed by atoms with Crippen LogP contribution in [-0.2, 0) is 42.4 Å². The molecule has 0 amide bonds. The molecule has 0 bridgehead atoms. The number of benzene rings is 4. The van der Waals surface area contributed by atoms with Crippen LogP contribution < -0.4 is 19.5 Å². The van der Waals surface area contributed by atoms with Gasteiger partial charge in [-0.15, -0.1) is 0 Å². The molecule has 0 radical (unpaired) electrons. The number of hydrogen-bond acceptors (Lipinski definition) is 11. The highest BCUT2D eigenvalue weighted by Gasteiger charge is 2.41. The summed E-state index contributed by atoms with van der Waals surface area (Å²) in [7, 11) is 1.59. The minimum atomic E-state index is -0.839. The van der Waals surface area contributed by atoms with Crippen molar-refractivity contribution in [3.8, 4) is 34.4 Å². The second-order valence-electron chi connectivity index (χ2n) is 17.4. The molecule has 2 atom stereocenters. The number of aromatic nitrogens is 1. The van der Waals surface area contributed by atoms with Crippen molar-refractivity contribution in [3.05, 3.63) is 134 Å². The molecule has 338 valence electrons. The van der Waals surface area contributed by atoms with Crippen LogP contribution in [0, 0.1) is 34.5 Å². The van der Waals surface area contributed by atoms with Gasteiger partial charge in [0.05, 0.1) is 28.5 Å². The van der Waals surface area contributed by atoms with Gasteiger partial charge in [0.2, 0.25) is 0 Å². The minimum absolute atomic E-state index is 0.157. The van der Waals surface area contributed by atoms with Gasteiger partial charge in [0.1, 0.15) is 36.5 Å². The van der Waals surface area contributed by atoms with E-state index in [9.17, 15) is 25.1 Å². The van der Waals surface area contributed by atoms with Gasteiger partial charge in [-0.05, 0) is 105 Å². The zero-order chi connectivity index (χ0) is 46.5. The lowest BCUT2D eigenvalue weighted by molar-refractivity contribution is -0.148. The van der Waals surface area contributed by atoms with Crippen molar-refractivity contribution in [1.82, 2.24) is 14.8 Å². The zero-order valence-corrected chi connectivity index (χ0v) is 38.4. The van der Waals surface area contributed by atoms with Crippen LogP contribution in [0.25, 0.3) is 11.1 Å². The number of rotatable bonds is 18. The first-order chi connectivity index (χ1) is 31.1. The Kier molecular flexibility index (Phi) is 14.3. The van der Waals surface area contributed by atoms with Gasteiger partial charge in [0.25, 0.3) is 0 Å². The lowest BCUT2D eigenvalue weighted by atomic mass is 9.90. The summed E-state index contributed by atoms with van der Waals surface area (Å²) in [6.45, 7) is 9.30. The average molecular weight is 920 g/mol. The number of ether oxygens (including phenoxy) is 3. The molecule has 2 aliphatic rings. The van der Waals surface area contributed by atoms with Crippen LogP contribution in [0.15, 0.2) is 79.1 Å². The monoisotopic (exact) mass is 918 g/mol. The Morgan fingerprint density at radius 2 is 1.46 bits per heavy atom. The quantitative estimate of drug-likeness (QED) is 0.0612. The van der Waals surface area contributed by atoms with Crippen molar-refractivity contribution >= 4 is 47.0 Å². The number of hydrogen-bond donors (Lipinski definition) is 4. The van der Waals surface area contributed by atoms with Gasteiger partial charge in [0, 0.05) is 90.4 Å². The highest BCUT2D eigenvalue weighted by Crippen LogP contribution is 2.39. The van der Waals surface area contributed by atoms with E-state index >= 15 is 0 Å². The van der Waals surface area contributed by atoms with Gasteiger partial charge in [-0.3, -0.25) is 24.4 Å². The van der Waals surface area contributed by atoms with Crippen molar-refractivity contribution in [1.29, 1.82) is 10.7 Å². The lowest BCUT2D eigenvalue weighted by Gasteiger charge is -2.22. The van der Waals surface area contributed by atoms with E-state index in [1.165, 1.54) is 12.4 Å². The standard InChI is InChI=1S/C50H52Cl2N6O7/c1-31-34(28-65-46-19-44(63-4)36(17-42(46)52)25-57-13-11-49(2,29-57)47(59)60)7-5-8-38(31)39-9-6-10-43(40(39)21-54)56-24-35-18-45(64-27-33-15-32(20-53)22-55-23-33)37(16-41(35)51)26-58-14-12-50(3,30-58)48(61)62/h5-10,15-19,21-23,54,56H,11-14,24-30H2,1-4H3,(H,59,60)(H,61,62). The largest absolute Gasteiger partial charge is 0.496 e. The Bertz CT molecular complexity index is 2670. The maximum Gasteiger partial charge on any atom is 0.310 e. The molecule has 65 heavy (non-hydrogen) atoms. The number of nitriles is 1. The summed E-state index contributed by atoms with van der Waals surface area (Å²) in [6.07, 6.45) is 5.58. The van der Waals surface area contributed by atoms with Crippen LogP contribution in [0.1, 0.15) is 71.2 Å². The second-order valence-corrected chi connectivity index (χ2v) is 18.2. The SMILES string of the molecule is COc1cc(OCc2cccc(-c3cccc(NCc4cc(OCc5cncc(C#N)c5)c(CN5CCC(C)(C(=O)O)C5)cc4Cl)c3C=N)c2C)c(Cl)cc1CN1CCC(C)(C(=O)O)C1. The predicted octanol–water partition coefficient (Wildman–Crippen LogP) is 9.61. The summed E-state index contributed by atoms with van der Waals surface area (Å²) in [5.74, 6) is 0.0292. The Labute approximate surface area is 389 Å². The van der Waals surface area contributed by atoms with E-state index in [1.807, 2.05) is 61.5 Å². The molecule has 13 nitrogen and oxygen atoms in total. The molecule has 2 saturated heterocycles. The van der Waals surface area contributed by atoms with E-state index in [4.69, 9.17) is 42.8 Å². The van der Waals surface area contributed by atoms with E-state index in [0.717, 1.165) is 50.2 Å². The number of methoxy groups -OCH3 is 1. The molecular weight excluding hydrogens is 867 g/mol. The number of nitrogens with zero attached hydrogens (tertiary/aromatic N) is 4. The summed E-state index contributed by atoms with van der Waals surface area (Å²) in [5.41, 5.74) is 7.03. The summed E-state index contributed by atoms with van der Waals surface area (Å²) < 4.78 is 18.4. The minimum Gasteiger partial charge on any atom is -0.496 e. The molecule has 2 aliphatic heterocycles. The van der Waals surface area contributed by atoms with E-state index < -0.39 is 22.8 Å². The number of carbonyl (C=O) groups is 2. The molecule has 4 aromatic carbocycles. The van der Waals surface area contributed by atoms with E-state index in [1.54, 1.807) is 39.3 Å². The summed E-state index contributed by atoms with van der Waals surface area (Å²) in [5, 5.41) is 41.9. The van der Waals surface area contributed by atoms with Gasteiger partial charge < -0.3 is 35.1 Å². The number of anilines is 1. The maximum absolute atomic E-state index is 12.0. The topological polar surface area (TPSA) is 181 Å². The molecule has 2 unspecified atom stereocenters. The first kappa shape index (κ1) is 46.8. The van der Waals surface area contributed by atoms with Crippen LogP contribution in [0.2, 0.25) is 10.0 Å². The van der Waals surface area contributed by atoms with Gasteiger partial charge in [-0.1, -0.05) is 53.5 Å². The number of nitrogens with one attached hydrogen (secondary N) is 2. The molecule has 3 heterocycles. The number of likely N-dealkylation sites (tertiary alicyclic amines) is 2. The highest BCUT2D eigenvalue weighted by atomic mass is 35.5. The third-order valence-corrected chi connectivity index (χ3v) is 13.3. The second kappa shape index (κ2) is 19.9. The summed E-state index contributed by atoms with van der Waals surface area (Å²) in [4.78, 5) is 32.2. The number of carboxylic acids is 2. The predicted molar refractivity (Wildman–Crippen MR) is 250 cm³/mol. The van der Waals surface area contributed by atoms with Crippen molar-refractivity contribution in [2.45, 2.75) is 66.5 Å². The Morgan fingerprint density at radius 1 is 0.831 bits per heavy atom. The first-order valence-electron chi connectivity index (χ1n) is 21.3. The van der Waals surface area contributed by atoms with Gasteiger partial charge in [0.15, 0.2) is 0 Å². The molecule has 1 aromatic heterocycles. The zero-order valence-electron chi connectivity index (χ0n) is 36.8. The number of pyridine rings is 1. The number of carboxylic acid groups (broad SMARTS) is 2. The highest BCUT2D eigenvalue weighted by molar-refractivity contribution is 6.32. The molecule has 15 heteroatoms. The normalized spacial score (nSPS) is 18.5. The molecule has 7 rings (SSSR count). The molecular formula is C50H52Cl2N6O7. The fraction of sp³-hybridized carbons (Fsp3) is 0.340. The maximum atomic E-state index is 12.0. The van der Waals surface area contributed by atoms with Gasteiger partial charge >= 0.3 is 11.9 Å². The Hall–Kier alpha value is -6.17. The van der Waals surface area contributed by atoms with Crippen LogP contribution >= 0.6 is 23.2 Å². The van der Waals surface area contributed by atoms with Gasteiger partial charge in [-0.2, -0.15) is 5.26 Å². The third-order valence-electron chi connectivity index (χ3n) is 12.6. The smallest absolute Gasteiger partial charge is 0.310 e. The Balaban J connectivity index is 1.08. The van der Waals surface area contributed by atoms with E-state index in [-0.39, 0.29) is 13.2 Å². The number of halogens is 2. The third kappa shape index (κ3) is 10.5. The van der Waals surface area contributed by atoms with Gasteiger partial charge in [-0.25, -0.2) is 0 Å². The molecule has 2 fully saturated rings. The average Bonchev–Trinajstić information content (AvgIpc) is 3.88. The lowest BCUT2D eigenvalue weighted by Crippen LogP contribution is -2.31. The molecule has 4 N–H and O–H groups in total. The van der Waals surface area contributed by atoms with Crippen LogP contribution in [0.5, 0.6) is 17.2 Å². The first-order valence-corrected chi connectivity index (χ1v) is 22.0. The van der Waals surface area contributed by atoms with Crippen molar-refractivity contribution < 1.29 is 34.0 Å². The molecule has 0 spiro atoms. The van der Waals surface area contributed by atoms with Crippen molar-refractivity contribution in [2.24, 2.45) is 10.8 Å².